The normalized spacial score (nSPS) is 13.1. The average Bonchev–Trinajstić information content (AvgIpc) is 2.34. The van der Waals surface area contributed by atoms with Gasteiger partial charge < -0.3 is 10.1 Å². The molecule has 0 saturated carbocycles. The van der Waals surface area contributed by atoms with Crippen molar-refractivity contribution >= 4 is 21.8 Å². The van der Waals surface area contributed by atoms with Crippen LogP contribution in [0.3, 0.4) is 0 Å². The highest BCUT2D eigenvalue weighted by atomic mass is 79.9. The van der Waals surface area contributed by atoms with E-state index in [-0.39, 0.29) is 25.0 Å². The third-order valence-electron chi connectivity index (χ3n) is 2.49. The lowest BCUT2D eigenvalue weighted by Gasteiger charge is -2.16. The molecule has 0 aromatic heterocycles. The van der Waals surface area contributed by atoms with Crippen LogP contribution in [0.15, 0.2) is 28.7 Å². The van der Waals surface area contributed by atoms with Crippen molar-refractivity contribution in [1.29, 1.82) is 0 Å². The van der Waals surface area contributed by atoms with Crippen molar-refractivity contribution in [3.8, 4) is 0 Å². The van der Waals surface area contributed by atoms with Crippen LogP contribution in [0.5, 0.6) is 0 Å². The number of amides is 1. The predicted molar refractivity (Wildman–Crippen MR) is 72.2 cm³/mol. The van der Waals surface area contributed by atoms with Crippen LogP contribution in [-0.2, 0) is 9.53 Å². The van der Waals surface area contributed by atoms with E-state index >= 15 is 0 Å². The Morgan fingerprint density at radius 2 is 2.05 bits per heavy atom. The summed E-state index contributed by atoms with van der Waals surface area (Å²) in [5, 5.41) is 2.70. The monoisotopic (exact) mass is 353 g/mol. The van der Waals surface area contributed by atoms with E-state index < -0.39 is 12.8 Å². The van der Waals surface area contributed by atoms with E-state index in [1.165, 1.54) is 0 Å². The van der Waals surface area contributed by atoms with Gasteiger partial charge in [0.15, 0.2) is 0 Å². The topological polar surface area (TPSA) is 38.3 Å². The summed E-state index contributed by atoms with van der Waals surface area (Å²) in [7, 11) is 0. The number of ether oxygens (including phenoxy) is 1. The standard InChI is InChI=1S/C13H15BrF3NO2/c1-9(10-4-2-3-5-11(10)14)18-12(19)6-7-20-8-13(15,16)17/h2-5,9H,6-8H2,1H3,(H,18,19). The first-order valence-corrected chi connectivity index (χ1v) is 6.77. The average molecular weight is 354 g/mol. The number of carbonyl (C=O) groups excluding carboxylic acids is 1. The Hall–Kier alpha value is -1.08. The van der Waals surface area contributed by atoms with Crippen molar-refractivity contribution in [2.75, 3.05) is 13.2 Å². The van der Waals surface area contributed by atoms with Crippen molar-refractivity contribution in [3.05, 3.63) is 34.3 Å². The van der Waals surface area contributed by atoms with Gasteiger partial charge in [-0.3, -0.25) is 4.79 Å². The third kappa shape index (κ3) is 6.38. The smallest absolute Gasteiger partial charge is 0.372 e. The summed E-state index contributed by atoms with van der Waals surface area (Å²) >= 11 is 3.37. The molecule has 0 heterocycles. The summed E-state index contributed by atoms with van der Waals surface area (Å²) in [6, 6.07) is 7.17. The van der Waals surface area contributed by atoms with Crippen molar-refractivity contribution in [2.45, 2.75) is 25.6 Å². The molecule has 0 spiro atoms. The molecule has 7 heteroatoms. The first-order chi connectivity index (χ1) is 9.29. The van der Waals surface area contributed by atoms with E-state index in [1.54, 1.807) is 6.92 Å². The fourth-order valence-corrected chi connectivity index (χ4v) is 2.20. The van der Waals surface area contributed by atoms with Gasteiger partial charge in [0.1, 0.15) is 6.61 Å². The molecule has 0 saturated heterocycles. The number of benzene rings is 1. The molecule has 0 fully saturated rings. The molecule has 1 N–H and O–H groups in total. The Labute approximate surface area is 123 Å². The Kier molecular flexibility index (Phi) is 6.48. The Morgan fingerprint density at radius 1 is 1.40 bits per heavy atom. The Bertz CT molecular complexity index is 451. The molecule has 0 aliphatic heterocycles. The summed E-state index contributed by atoms with van der Waals surface area (Å²) in [4.78, 5) is 11.6. The minimum Gasteiger partial charge on any atom is -0.372 e. The number of hydrogen-bond acceptors (Lipinski definition) is 2. The van der Waals surface area contributed by atoms with Crippen molar-refractivity contribution < 1.29 is 22.7 Å². The van der Waals surface area contributed by atoms with E-state index in [1.807, 2.05) is 24.3 Å². The number of carbonyl (C=O) groups is 1. The second kappa shape index (κ2) is 7.64. The van der Waals surface area contributed by atoms with Gasteiger partial charge in [0.05, 0.1) is 12.6 Å². The molecule has 1 amide bonds. The van der Waals surface area contributed by atoms with Crippen molar-refractivity contribution in [1.82, 2.24) is 5.32 Å². The fraction of sp³-hybridized carbons (Fsp3) is 0.462. The first kappa shape index (κ1) is 17.0. The predicted octanol–water partition coefficient (Wildman–Crippen LogP) is 3.60. The van der Waals surface area contributed by atoms with Gasteiger partial charge in [-0.15, -0.1) is 0 Å². The van der Waals surface area contributed by atoms with E-state index in [9.17, 15) is 18.0 Å². The second-order valence-electron chi connectivity index (χ2n) is 4.23. The molecule has 20 heavy (non-hydrogen) atoms. The maximum atomic E-state index is 11.8. The molecule has 0 radical (unpaired) electrons. The van der Waals surface area contributed by atoms with Crippen LogP contribution >= 0.6 is 15.9 Å². The Morgan fingerprint density at radius 3 is 2.65 bits per heavy atom. The van der Waals surface area contributed by atoms with Gasteiger partial charge in [0.25, 0.3) is 0 Å². The van der Waals surface area contributed by atoms with Crippen molar-refractivity contribution in [3.63, 3.8) is 0 Å². The van der Waals surface area contributed by atoms with Gasteiger partial charge in [0.2, 0.25) is 5.91 Å². The van der Waals surface area contributed by atoms with Gasteiger partial charge in [0, 0.05) is 10.9 Å². The van der Waals surface area contributed by atoms with Crippen LogP contribution in [0.25, 0.3) is 0 Å². The molecule has 1 aromatic rings. The molecule has 1 aromatic carbocycles. The lowest BCUT2D eigenvalue weighted by Crippen LogP contribution is -2.28. The summed E-state index contributed by atoms with van der Waals surface area (Å²) < 4.78 is 40.7. The number of alkyl halides is 3. The maximum absolute atomic E-state index is 11.8. The zero-order chi connectivity index (χ0) is 15.2. The molecule has 1 unspecified atom stereocenters. The highest BCUT2D eigenvalue weighted by molar-refractivity contribution is 9.10. The van der Waals surface area contributed by atoms with Gasteiger partial charge in [-0.05, 0) is 18.6 Å². The van der Waals surface area contributed by atoms with Gasteiger partial charge in [-0.2, -0.15) is 13.2 Å². The minimum absolute atomic E-state index is 0.106. The Balaban J connectivity index is 2.34. The second-order valence-corrected chi connectivity index (χ2v) is 5.08. The van der Waals surface area contributed by atoms with Crippen LogP contribution < -0.4 is 5.32 Å². The fourth-order valence-electron chi connectivity index (χ4n) is 1.57. The third-order valence-corrected chi connectivity index (χ3v) is 3.21. The highest BCUT2D eigenvalue weighted by Crippen LogP contribution is 2.22. The molecule has 1 atom stereocenters. The minimum atomic E-state index is -4.36. The van der Waals surface area contributed by atoms with Crippen LogP contribution in [0, 0.1) is 0 Å². The van der Waals surface area contributed by atoms with E-state index in [4.69, 9.17) is 0 Å². The summed E-state index contributed by atoms with van der Waals surface area (Å²) in [5.74, 6) is -0.351. The molecule has 3 nitrogen and oxygen atoms in total. The molecule has 0 aliphatic carbocycles. The summed E-state index contributed by atoms with van der Waals surface area (Å²) in [5.41, 5.74) is 0.900. The SMILES string of the molecule is CC(NC(=O)CCOCC(F)(F)F)c1ccccc1Br. The number of halogens is 4. The number of hydrogen-bond donors (Lipinski definition) is 1. The van der Waals surface area contributed by atoms with Gasteiger partial charge in [-0.1, -0.05) is 34.1 Å². The maximum Gasteiger partial charge on any atom is 0.411 e. The molecule has 0 bridgehead atoms. The largest absolute Gasteiger partial charge is 0.411 e. The van der Waals surface area contributed by atoms with Gasteiger partial charge >= 0.3 is 6.18 Å². The van der Waals surface area contributed by atoms with E-state index in [0.29, 0.717) is 0 Å². The molecule has 112 valence electrons. The van der Waals surface area contributed by atoms with Crippen LogP contribution in [0.1, 0.15) is 24.9 Å². The number of nitrogens with one attached hydrogen (secondary N) is 1. The molecule has 1 rings (SSSR count). The molecular weight excluding hydrogens is 339 g/mol. The quantitative estimate of drug-likeness (QED) is 0.793. The van der Waals surface area contributed by atoms with Crippen LogP contribution in [0.2, 0.25) is 0 Å². The summed E-state index contributed by atoms with van der Waals surface area (Å²) in [6.45, 7) is 0.211. The lowest BCUT2D eigenvalue weighted by atomic mass is 10.1. The number of rotatable bonds is 6. The molecule has 0 aliphatic rings. The lowest BCUT2D eigenvalue weighted by molar-refractivity contribution is -0.174. The van der Waals surface area contributed by atoms with Crippen LogP contribution in [0.4, 0.5) is 13.2 Å². The van der Waals surface area contributed by atoms with Gasteiger partial charge in [-0.25, -0.2) is 0 Å². The van der Waals surface area contributed by atoms with Crippen molar-refractivity contribution in [2.24, 2.45) is 0 Å². The molecular formula is C13H15BrF3NO2. The first-order valence-electron chi connectivity index (χ1n) is 5.98. The van der Waals surface area contributed by atoms with E-state index in [0.717, 1.165) is 10.0 Å². The highest BCUT2D eigenvalue weighted by Gasteiger charge is 2.27. The zero-order valence-corrected chi connectivity index (χ0v) is 12.4. The zero-order valence-electron chi connectivity index (χ0n) is 10.8. The van der Waals surface area contributed by atoms with E-state index in [2.05, 4.69) is 26.0 Å². The summed E-state index contributed by atoms with van der Waals surface area (Å²) in [6.07, 6.45) is -4.47. The van der Waals surface area contributed by atoms with Crippen LogP contribution in [-0.4, -0.2) is 25.3 Å².